The van der Waals surface area contributed by atoms with Gasteiger partial charge in [0.15, 0.2) is 15.0 Å². The molecule has 1 amide bonds. The number of halogens is 2. The number of rotatable bonds is 6. The van der Waals surface area contributed by atoms with Gasteiger partial charge in [-0.05, 0) is 30.3 Å². The summed E-state index contributed by atoms with van der Waals surface area (Å²) in [4.78, 5) is 29.8. The minimum absolute atomic E-state index is 0.0404. The van der Waals surface area contributed by atoms with E-state index in [1.165, 1.54) is 37.3 Å². The van der Waals surface area contributed by atoms with Crippen molar-refractivity contribution in [2.45, 2.75) is 18.4 Å². The zero-order valence-electron chi connectivity index (χ0n) is 16.3. The number of thiazole rings is 1. The number of amides is 1. The lowest BCUT2D eigenvalue weighted by molar-refractivity contribution is -0.115. The Hall–Kier alpha value is -2.82. The number of hydrogen-bond acceptors (Lipinski definition) is 7. The molecule has 2 aromatic carbocycles. The highest BCUT2D eigenvalue weighted by atomic mass is 35.5. The van der Waals surface area contributed by atoms with Crippen molar-refractivity contribution in [1.82, 2.24) is 4.98 Å². The summed E-state index contributed by atoms with van der Waals surface area (Å²) < 4.78 is 42.7. The summed E-state index contributed by atoms with van der Waals surface area (Å²) in [5.74, 6) is -1.85. The minimum Gasteiger partial charge on any atom is -0.456 e. The van der Waals surface area contributed by atoms with Crippen LogP contribution in [0, 0.1) is 5.82 Å². The number of sulfone groups is 1. The Bertz CT molecular complexity index is 1260. The highest BCUT2D eigenvalue weighted by molar-refractivity contribution is 7.90. The fourth-order valence-corrected chi connectivity index (χ4v) is 4.32. The van der Waals surface area contributed by atoms with Crippen LogP contribution in [0.1, 0.15) is 23.0 Å². The van der Waals surface area contributed by atoms with Crippen LogP contribution in [-0.4, -0.2) is 31.5 Å². The molecule has 0 aliphatic heterocycles. The number of para-hydroxylation sites is 1. The predicted octanol–water partition coefficient (Wildman–Crippen LogP) is 4.38. The molecule has 0 bridgehead atoms. The fourth-order valence-electron chi connectivity index (χ4n) is 2.61. The molecule has 0 unspecified atom stereocenters. The first-order valence-electron chi connectivity index (χ1n) is 8.74. The van der Waals surface area contributed by atoms with Gasteiger partial charge in [-0.2, -0.15) is 0 Å². The van der Waals surface area contributed by atoms with E-state index in [0.29, 0.717) is 5.69 Å². The third-order valence-corrected chi connectivity index (χ3v) is 6.39. The molecule has 0 saturated carbocycles. The van der Waals surface area contributed by atoms with Crippen LogP contribution in [0.2, 0.25) is 5.02 Å². The molecule has 0 radical (unpaired) electrons. The quantitative estimate of drug-likeness (QED) is 0.484. The topological polar surface area (TPSA) is 93.6 Å². The number of esters is 1. The highest BCUT2D eigenvalue weighted by Gasteiger charge is 2.22. The normalized spacial score (nSPS) is 11.2. The van der Waals surface area contributed by atoms with E-state index < -0.39 is 27.5 Å². The Balaban J connectivity index is 1.78. The molecule has 3 aromatic rings. The van der Waals surface area contributed by atoms with E-state index in [9.17, 15) is 22.4 Å². The Morgan fingerprint density at radius 2 is 1.94 bits per heavy atom. The van der Waals surface area contributed by atoms with Crippen LogP contribution in [-0.2, 0) is 26.0 Å². The van der Waals surface area contributed by atoms with E-state index in [1.807, 2.05) is 0 Å². The second-order valence-electron chi connectivity index (χ2n) is 6.42. The molecule has 0 spiro atoms. The third kappa shape index (κ3) is 5.27. The van der Waals surface area contributed by atoms with Crippen LogP contribution < -0.4 is 4.90 Å². The predicted molar refractivity (Wildman–Crippen MR) is 115 cm³/mol. The summed E-state index contributed by atoms with van der Waals surface area (Å²) in [6.45, 7) is 1.03. The molecule has 3 rings (SSSR count). The average Bonchev–Trinajstić information content (AvgIpc) is 3.15. The average molecular weight is 483 g/mol. The molecule has 7 nitrogen and oxygen atoms in total. The van der Waals surface area contributed by atoms with Gasteiger partial charge in [0.2, 0.25) is 5.91 Å². The van der Waals surface area contributed by atoms with E-state index in [-0.39, 0.29) is 32.9 Å². The monoisotopic (exact) mass is 482 g/mol. The molecule has 0 N–H and O–H groups in total. The molecule has 1 heterocycles. The summed E-state index contributed by atoms with van der Waals surface area (Å²) in [6.07, 6.45) is 1.01. The number of carbonyl (C=O) groups is 2. The summed E-state index contributed by atoms with van der Waals surface area (Å²) in [6, 6.07) is 9.52. The molecule has 0 aliphatic rings. The molecule has 31 heavy (non-hydrogen) atoms. The molecule has 0 aliphatic carbocycles. The van der Waals surface area contributed by atoms with Crippen molar-refractivity contribution < 1.29 is 27.1 Å². The maximum atomic E-state index is 14.1. The van der Waals surface area contributed by atoms with E-state index in [4.69, 9.17) is 16.3 Å². The number of carbonyl (C=O) groups excluding carboxylic acids is 2. The van der Waals surface area contributed by atoms with Crippen LogP contribution in [0.15, 0.2) is 52.7 Å². The number of ether oxygens (including phenoxy) is 1. The first-order chi connectivity index (χ1) is 14.6. The van der Waals surface area contributed by atoms with Crippen molar-refractivity contribution >= 4 is 55.5 Å². The molecule has 0 saturated heterocycles. The number of hydrogen-bond donors (Lipinski definition) is 0. The van der Waals surface area contributed by atoms with Gasteiger partial charge in [0, 0.05) is 18.6 Å². The van der Waals surface area contributed by atoms with Crippen LogP contribution in [0.4, 0.5) is 15.2 Å². The zero-order chi connectivity index (χ0) is 22.8. The Labute approximate surface area is 187 Å². The number of aromatic nitrogens is 1. The summed E-state index contributed by atoms with van der Waals surface area (Å²) >= 11 is 7.07. The second-order valence-corrected chi connectivity index (χ2v) is 9.68. The van der Waals surface area contributed by atoms with Crippen molar-refractivity contribution in [3.05, 3.63) is 69.9 Å². The van der Waals surface area contributed by atoms with Gasteiger partial charge in [0.05, 0.1) is 26.9 Å². The molecular weight excluding hydrogens is 467 g/mol. The van der Waals surface area contributed by atoms with Gasteiger partial charge >= 0.3 is 5.97 Å². The highest BCUT2D eigenvalue weighted by Crippen LogP contribution is 2.31. The first kappa shape index (κ1) is 22.9. The second kappa shape index (κ2) is 9.13. The lowest BCUT2D eigenvalue weighted by atomic mass is 10.2. The lowest BCUT2D eigenvalue weighted by Crippen LogP contribution is -2.23. The summed E-state index contributed by atoms with van der Waals surface area (Å²) in [5.41, 5.74) is 0.278. The number of benzene rings is 2. The molecular formula is C20H16ClFN2O5S2. The van der Waals surface area contributed by atoms with Crippen molar-refractivity contribution in [1.29, 1.82) is 0 Å². The van der Waals surface area contributed by atoms with E-state index in [2.05, 4.69) is 4.98 Å². The van der Waals surface area contributed by atoms with Gasteiger partial charge in [0.1, 0.15) is 12.4 Å². The van der Waals surface area contributed by atoms with E-state index >= 15 is 0 Å². The third-order valence-electron chi connectivity index (χ3n) is 4.08. The van der Waals surface area contributed by atoms with Crippen molar-refractivity contribution in [2.24, 2.45) is 0 Å². The van der Waals surface area contributed by atoms with Gasteiger partial charge in [0.25, 0.3) is 0 Å². The van der Waals surface area contributed by atoms with Crippen LogP contribution >= 0.6 is 22.9 Å². The summed E-state index contributed by atoms with van der Waals surface area (Å²) in [5, 5.41) is 1.81. The van der Waals surface area contributed by atoms with Crippen molar-refractivity contribution in [3.63, 3.8) is 0 Å². The Morgan fingerprint density at radius 1 is 1.23 bits per heavy atom. The lowest BCUT2D eigenvalue weighted by Gasteiger charge is -2.18. The van der Waals surface area contributed by atoms with Crippen molar-refractivity contribution in [3.8, 4) is 0 Å². The maximum Gasteiger partial charge on any atom is 0.340 e. The standard InChI is InChI=1S/C20H16ClFN2O5S2/c1-12(25)24(18-6-4-3-5-17(18)22)20-23-13(11-30-20)10-29-19(26)15-9-14(31(2,27)28)7-8-16(15)21/h3-9,11H,10H2,1-2H3. The maximum absolute atomic E-state index is 14.1. The largest absolute Gasteiger partial charge is 0.456 e. The molecule has 1 aromatic heterocycles. The number of anilines is 2. The molecule has 0 fully saturated rings. The SMILES string of the molecule is CC(=O)N(c1nc(COC(=O)c2cc(S(C)(=O)=O)ccc2Cl)cs1)c1ccccc1F. The van der Waals surface area contributed by atoms with Crippen LogP contribution in [0.5, 0.6) is 0 Å². The number of nitrogens with zero attached hydrogens (tertiary/aromatic N) is 2. The van der Waals surface area contributed by atoms with E-state index in [0.717, 1.165) is 28.6 Å². The zero-order valence-corrected chi connectivity index (χ0v) is 18.7. The fraction of sp³-hybridized carbons (Fsp3) is 0.150. The molecule has 11 heteroatoms. The Morgan fingerprint density at radius 3 is 2.58 bits per heavy atom. The van der Waals surface area contributed by atoms with Gasteiger partial charge in [-0.1, -0.05) is 23.7 Å². The Kier molecular flexibility index (Phi) is 6.73. The van der Waals surface area contributed by atoms with E-state index in [1.54, 1.807) is 11.4 Å². The van der Waals surface area contributed by atoms with Crippen LogP contribution in [0.25, 0.3) is 0 Å². The van der Waals surface area contributed by atoms with Gasteiger partial charge in [-0.25, -0.2) is 22.6 Å². The minimum atomic E-state index is -3.53. The first-order valence-corrected chi connectivity index (χ1v) is 11.9. The van der Waals surface area contributed by atoms with Crippen LogP contribution in [0.3, 0.4) is 0 Å². The van der Waals surface area contributed by atoms with Gasteiger partial charge in [-0.3, -0.25) is 9.69 Å². The van der Waals surface area contributed by atoms with Gasteiger partial charge < -0.3 is 4.74 Å². The molecule has 0 atom stereocenters. The molecule has 162 valence electrons. The smallest absolute Gasteiger partial charge is 0.340 e. The summed E-state index contributed by atoms with van der Waals surface area (Å²) in [7, 11) is -3.53. The van der Waals surface area contributed by atoms with Gasteiger partial charge in [-0.15, -0.1) is 11.3 Å². The van der Waals surface area contributed by atoms with Crippen molar-refractivity contribution in [2.75, 3.05) is 11.2 Å².